The quantitative estimate of drug-likeness (QED) is 0.805. The van der Waals surface area contributed by atoms with Crippen molar-refractivity contribution in [3.05, 3.63) is 41.2 Å². The van der Waals surface area contributed by atoms with E-state index in [1.54, 1.807) is 6.07 Å². The van der Waals surface area contributed by atoms with E-state index in [9.17, 15) is 12.8 Å². The molecule has 6 heteroatoms. The highest BCUT2D eigenvalue weighted by Crippen LogP contribution is 2.18. The SMILES string of the molecule is O=S1(=O)C=NC=C1COc1ccccc1F. The zero-order valence-electron chi connectivity index (χ0n) is 8.13. The van der Waals surface area contributed by atoms with Crippen LogP contribution in [0.2, 0.25) is 0 Å². The highest BCUT2D eigenvalue weighted by atomic mass is 32.2. The standard InChI is InChI=1S/C10H8FNO3S/c11-9-3-1-2-4-10(9)15-6-8-5-12-7-16(8,13)14/h1-5,7H,6H2. The normalized spacial score (nSPS) is 17.2. The Morgan fingerprint density at radius 2 is 2.06 bits per heavy atom. The van der Waals surface area contributed by atoms with E-state index in [1.807, 2.05) is 0 Å². The third-order valence-corrected chi connectivity index (χ3v) is 3.34. The number of halogens is 1. The Labute approximate surface area is 92.0 Å². The van der Waals surface area contributed by atoms with Gasteiger partial charge in [0.05, 0.1) is 0 Å². The van der Waals surface area contributed by atoms with Crippen molar-refractivity contribution in [1.29, 1.82) is 0 Å². The van der Waals surface area contributed by atoms with E-state index in [-0.39, 0.29) is 17.3 Å². The molecule has 1 aromatic rings. The van der Waals surface area contributed by atoms with Crippen LogP contribution in [0.15, 0.2) is 40.4 Å². The number of para-hydroxylation sites is 1. The average Bonchev–Trinajstić information content (AvgIpc) is 2.57. The maximum atomic E-state index is 13.1. The molecule has 1 aliphatic heterocycles. The van der Waals surface area contributed by atoms with Crippen LogP contribution in [-0.4, -0.2) is 20.6 Å². The number of benzene rings is 1. The van der Waals surface area contributed by atoms with Gasteiger partial charge in [-0.05, 0) is 12.1 Å². The van der Waals surface area contributed by atoms with Gasteiger partial charge < -0.3 is 4.74 Å². The molecule has 0 spiro atoms. The first-order valence-electron chi connectivity index (χ1n) is 4.44. The fraction of sp³-hybridized carbons (Fsp3) is 0.100. The Morgan fingerprint density at radius 3 is 2.69 bits per heavy atom. The number of ether oxygens (including phenoxy) is 1. The predicted octanol–water partition coefficient (Wildman–Crippen LogP) is 1.50. The summed E-state index contributed by atoms with van der Waals surface area (Å²) in [6, 6.07) is 5.80. The van der Waals surface area contributed by atoms with Crippen LogP contribution in [0, 0.1) is 5.82 Å². The van der Waals surface area contributed by atoms with Crippen LogP contribution in [0.25, 0.3) is 0 Å². The summed E-state index contributed by atoms with van der Waals surface area (Å²) in [6.07, 6.45) is 1.19. The zero-order valence-corrected chi connectivity index (χ0v) is 8.95. The van der Waals surface area contributed by atoms with Crippen molar-refractivity contribution in [3.8, 4) is 5.75 Å². The van der Waals surface area contributed by atoms with Crippen LogP contribution in [0.3, 0.4) is 0 Å². The van der Waals surface area contributed by atoms with Crippen molar-refractivity contribution in [2.24, 2.45) is 4.99 Å². The first-order chi connectivity index (χ1) is 7.59. The first-order valence-corrected chi connectivity index (χ1v) is 5.99. The van der Waals surface area contributed by atoms with Crippen LogP contribution in [0.5, 0.6) is 5.75 Å². The smallest absolute Gasteiger partial charge is 0.217 e. The Bertz CT molecular complexity index is 563. The molecule has 1 heterocycles. The first kappa shape index (κ1) is 10.8. The van der Waals surface area contributed by atoms with Crippen molar-refractivity contribution in [2.75, 3.05) is 6.61 Å². The number of hydrogen-bond acceptors (Lipinski definition) is 4. The molecule has 0 radical (unpaired) electrons. The van der Waals surface area contributed by atoms with Crippen LogP contribution in [0.1, 0.15) is 0 Å². The summed E-state index contributed by atoms with van der Waals surface area (Å²) in [5.41, 5.74) is 0.840. The number of hydrogen-bond donors (Lipinski definition) is 0. The zero-order chi connectivity index (χ0) is 11.6. The molecule has 1 aromatic carbocycles. The molecule has 0 fully saturated rings. The fourth-order valence-electron chi connectivity index (χ4n) is 1.16. The minimum absolute atomic E-state index is 0.0190. The second kappa shape index (κ2) is 4.05. The monoisotopic (exact) mass is 241 g/mol. The fourth-order valence-corrected chi connectivity index (χ4v) is 1.95. The van der Waals surface area contributed by atoms with Crippen molar-refractivity contribution in [1.82, 2.24) is 0 Å². The molecular weight excluding hydrogens is 233 g/mol. The maximum absolute atomic E-state index is 13.1. The van der Waals surface area contributed by atoms with Gasteiger partial charge in [0, 0.05) is 6.20 Å². The lowest BCUT2D eigenvalue weighted by Gasteiger charge is -2.06. The molecular formula is C10H8FNO3S. The van der Waals surface area contributed by atoms with E-state index in [0.29, 0.717) is 0 Å². The van der Waals surface area contributed by atoms with Gasteiger partial charge in [0.25, 0.3) is 0 Å². The highest BCUT2D eigenvalue weighted by molar-refractivity contribution is 8.08. The summed E-state index contributed by atoms with van der Waals surface area (Å²) in [6.45, 7) is -0.219. The van der Waals surface area contributed by atoms with Crippen molar-refractivity contribution < 1.29 is 17.5 Å². The molecule has 0 amide bonds. The molecule has 0 atom stereocenters. The van der Waals surface area contributed by atoms with Gasteiger partial charge in [-0.2, -0.15) is 0 Å². The van der Waals surface area contributed by atoms with Gasteiger partial charge in [0.1, 0.15) is 17.1 Å². The van der Waals surface area contributed by atoms with Crippen LogP contribution < -0.4 is 4.74 Å². The molecule has 4 nitrogen and oxygen atoms in total. The van der Waals surface area contributed by atoms with Crippen molar-refractivity contribution in [2.45, 2.75) is 0 Å². The molecule has 0 aliphatic carbocycles. The number of sulfone groups is 1. The Kier molecular flexibility index (Phi) is 2.74. The van der Waals surface area contributed by atoms with Gasteiger partial charge >= 0.3 is 0 Å². The number of aliphatic imine (C=N–C) groups is 1. The summed E-state index contributed by atoms with van der Waals surface area (Å²) in [4.78, 5) is 3.53. The van der Waals surface area contributed by atoms with Crippen molar-refractivity contribution >= 4 is 15.4 Å². The molecule has 0 unspecified atom stereocenters. The minimum atomic E-state index is -3.45. The van der Waals surface area contributed by atoms with Crippen molar-refractivity contribution in [3.63, 3.8) is 0 Å². The molecule has 0 aromatic heterocycles. The minimum Gasteiger partial charge on any atom is -0.485 e. The molecule has 0 N–H and O–H groups in total. The molecule has 16 heavy (non-hydrogen) atoms. The second-order valence-corrected chi connectivity index (χ2v) is 4.94. The molecule has 0 bridgehead atoms. The van der Waals surface area contributed by atoms with E-state index in [4.69, 9.17) is 4.74 Å². The maximum Gasteiger partial charge on any atom is 0.217 e. The largest absolute Gasteiger partial charge is 0.485 e. The topological polar surface area (TPSA) is 55.7 Å². The van der Waals surface area contributed by atoms with Gasteiger partial charge in [-0.15, -0.1) is 0 Å². The van der Waals surface area contributed by atoms with E-state index >= 15 is 0 Å². The van der Waals surface area contributed by atoms with Gasteiger partial charge in [-0.1, -0.05) is 12.1 Å². The summed E-state index contributed by atoms with van der Waals surface area (Å²) in [7, 11) is -3.45. The van der Waals surface area contributed by atoms with E-state index < -0.39 is 15.7 Å². The predicted molar refractivity (Wildman–Crippen MR) is 57.4 cm³/mol. The second-order valence-electron chi connectivity index (χ2n) is 3.11. The van der Waals surface area contributed by atoms with E-state index in [1.165, 1.54) is 24.4 Å². The lowest BCUT2D eigenvalue weighted by atomic mass is 10.3. The lowest BCUT2D eigenvalue weighted by molar-refractivity contribution is 0.337. The summed E-state index contributed by atoms with van der Waals surface area (Å²) < 4.78 is 40.7. The van der Waals surface area contributed by atoms with Gasteiger partial charge in [-0.3, -0.25) is 4.99 Å². The average molecular weight is 241 g/mol. The summed E-state index contributed by atoms with van der Waals surface area (Å²) in [5.74, 6) is -0.509. The van der Waals surface area contributed by atoms with Crippen LogP contribution in [0.4, 0.5) is 4.39 Å². The molecule has 0 saturated carbocycles. The van der Waals surface area contributed by atoms with Crippen LogP contribution in [-0.2, 0) is 9.84 Å². The molecule has 0 saturated heterocycles. The molecule has 1 aliphatic rings. The number of rotatable bonds is 3. The lowest BCUT2D eigenvalue weighted by Crippen LogP contribution is -2.10. The summed E-state index contributed by atoms with van der Waals surface area (Å²) >= 11 is 0. The van der Waals surface area contributed by atoms with E-state index in [2.05, 4.69) is 4.99 Å². The van der Waals surface area contributed by atoms with Gasteiger partial charge in [0.2, 0.25) is 9.84 Å². The number of nitrogens with zero attached hydrogens (tertiary/aromatic N) is 1. The molecule has 2 rings (SSSR count). The molecule has 84 valence electrons. The third kappa shape index (κ3) is 2.11. The highest BCUT2D eigenvalue weighted by Gasteiger charge is 2.20. The third-order valence-electron chi connectivity index (χ3n) is 1.99. The van der Waals surface area contributed by atoms with Crippen LogP contribution >= 0.6 is 0 Å². The Balaban J connectivity index is 2.08. The summed E-state index contributed by atoms with van der Waals surface area (Å²) in [5, 5.41) is 0. The Morgan fingerprint density at radius 1 is 1.31 bits per heavy atom. The van der Waals surface area contributed by atoms with Gasteiger partial charge in [0.15, 0.2) is 11.6 Å². The van der Waals surface area contributed by atoms with E-state index in [0.717, 1.165) is 5.55 Å². The van der Waals surface area contributed by atoms with Gasteiger partial charge in [-0.25, -0.2) is 12.8 Å². The Hall–Kier alpha value is -1.69.